The van der Waals surface area contributed by atoms with Crippen LogP contribution < -0.4 is 15.8 Å². The van der Waals surface area contributed by atoms with Gasteiger partial charge in [0, 0.05) is 13.0 Å². The first kappa shape index (κ1) is 21.3. The molecule has 11 heteroatoms. The Balaban J connectivity index is 0.00000261. The molecule has 27 heavy (non-hydrogen) atoms. The maximum absolute atomic E-state index is 12.5. The van der Waals surface area contributed by atoms with Crippen LogP contribution in [-0.4, -0.2) is 27.1 Å². The summed E-state index contributed by atoms with van der Waals surface area (Å²) in [4.78, 5) is 4.16. The van der Waals surface area contributed by atoms with E-state index in [2.05, 4.69) is 25.2 Å². The van der Waals surface area contributed by atoms with Crippen molar-refractivity contribution in [3.05, 3.63) is 35.9 Å². The largest absolute Gasteiger partial charge is 0.573 e. The maximum Gasteiger partial charge on any atom is 0.573 e. The number of aliphatic imine (C=N–C) groups is 1. The van der Waals surface area contributed by atoms with Crippen molar-refractivity contribution in [1.29, 1.82) is 0 Å². The van der Waals surface area contributed by atoms with Crippen molar-refractivity contribution in [3.8, 4) is 5.75 Å². The Morgan fingerprint density at radius 3 is 2.78 bits per heavy atom. The van der Waals surface area contributed by atoms with E-state index in [0.717, 1.165) is 38.1 Å². The van der Waals surface area contributed by atoms with Gasteiger partial charge in [-0.05, 0) is 25.0 Å². The topological polar surface area (TPSA) is 90.4 Å². The zero-order valence-corrected chi connectivity index (χ0v) is 16.7. The van der Waals surface area contributed by atoms with Gasteiger partial charge in [-0.25, -0.2) is 4.99 Å². The molecule has 0 aliphatic carbocycles. The highest BCUT2D eigenvalue weighted by Crippen LogP contribution is 2.29. The number of para-hydroxylation sites is 2. The summed E-state index contributed by atoms with van der Waals surface area (Å²) >= 11 is 0. The number of nitrogens with one attached hydrogen (secondary N) is 1. The lowest BCUT2D eigenvalue weighted by molar-refractivity contribution is -0.274. The minimum atomic E-state index is -4.79. The highest BCUT2D eigenvalue weighted by molar-refractivity contribution is 14.0. The second-order valence-electron chi connectivity index (χ2n) is 5.87. The van der Waals surface area contributed by atoms with Crippen molar-refractivity contribution < 1.29 is 17.9 Å². The SMILES string of the molecule is I.NC(=NCc1nnc2n1CCCCC2)Nc1ccccc1OC(F)(F)F. The minimum Gasteiger partial charge on any atom is -0.404 e. The summed E-state index contributed by atoms with van der Waals surface area (Å²) in [6.45, 7) is 1.02. The summed E-state index contributed by atoms with van der Waals surface area (Å²) < 4.78 is 43.4. The number of rotatable bonds is 4. The van der Waals surface area contributed by atoms with Gasteiger partial charge in [0.05, 0.1) is 5.69 Å². The monoisotopic (exact) mass is 496 g/mol. The third-order valence-electron chi connectivity index (χ3n) is 3.95. The minimum absolute atomic E-state index is 0. The highest BCUT2D eigenvalue weighted by atomic mass is 127. The fourth-order valence-corrected chi connectivity index (χ4v) is 2.78. The van der Waals surface area contributed by atoms with Gasteiger partial charge in [-0.2, -0.15) is 0 Å². The molecule has 0 atom stereocenters. The van der Waals surface area contributed by atoms with Crippen LogP contribution in [0.3, 0.4) is 0 Å². The third-order valence-corrected chi connectivity index (χ3v) is 3.95. The molecule has 0 saturated heterocycles. The van der Waals surface area contributed by atoms with E-state index in [1.54, 1.807) is 6.07 Å². The number of hydrogen-bond acceptors (Lipinski definition) is 4. The quantitative estimate of drug-likeness (QED) is 0.385. The molecule has 0 unspecified atom stereocenters. The van der Waals surface area contributed by atoms with Crippen LogP contribution in [0.1, 0.15) is 30.9 Å². The molecule has 0 radical (unpaired) electrons. The number of nitrogens with two attached hydrogens (primary N) is 1. The number of guanidine groups is 1. The Kier molecular flexibility index (Phi) is 7.27. The first-order valence-electron chi connectivity index (χ1n) is 8.25. The Labute approximate surface area is 171 Å². The van der Waals surface area contributed by atoms with Gasteiger partial charge in [0.15, 0.2) is 17.5 Å². The second kappa shape index (κ2) is 9.24. The highest BCUT2D eigenvalue weighted by Gasteiger charge is 2.32. The summed E-state index contributed by atoms with van der Waals surface area (Å²) in [5, 5.41) is 10.9. The van der Waals surface area contributed by atoms with Gasteiger partial charge in [-0.15, -0.1) is 47.3 Å². The van der Waals surface area contributed by atoms with Crippen LogP contribution in [0.4, 0.5) is 18.9 Å². The van der Waals surface area contributed by atoms with Gasteiger partial charge >= 0.3 is 6.36 Å². The van der Waals surface area contributed by atoms with Crippen LogP contribution in [0.5, 0.6) is 5.75 Å². The molecule has 2 heterocycles. The van der Waals surface area contributed by atoms with E-state index < -0.39 is 6.36 Å². The molecule has 3 N–H and O–H groups in total. The number of benzene rings is 1. The Morgan fingerprint density at radius 2 is 2.00 bits per heavy atom. The fraction of sp³-hybridized carbons (Fsp3) is 0.438. The van der Waals surface area contributed by atoms with Crippen LogP contribution in [0.2, 0.25) is 0 Å². The normalized spacial score (nSPS) is 14.7. The van der Waals surface area contributed by atoms with Gasteiger partial charge in [0.25, 0.3) is 0 Å². The molecule has 2 aromatic rings. The van der Waals surface area contributed by atoms with Gasteiger partial charge in [-0.1, -0.05) is 18.6 Å². The number of ether oxygens (including phenoxy) is 1. The van der Waals surface area contributed by atoms with E-state index in [4.69, 9.17) is 5.73 Å². The first-order chi connectivity index (χ1) is 12.4. The second-order valence-corrected chi connectivity index (χ2v) is 5.87. The molecular formula is C16H20F3IN6O. The summed E-state index contributed by atoms with van der Waals surface area (Å²) in [7, 11) is 0. The predicted molar refractivity (Wildman–Crippen MR) is 105 cm³/mol. The molecule has 7 nitrogen and oxygen atoms in total. The Bertz CT molecular complexity index is 793. The van der Waals surface area contributed by atoms with Gasteiger partial charge in [-0.3, -0.25) is 0 Å². The van der Waals surface area contributed by atoms with E-state index in [1.165, 1.54) is 18.2 Å². The molecule has 0 fully saturated rings. The molecule has 0 amide bonds. The Morgan fingerprint density at radius 1 is 1.22 bits per heavy atom. The predicted octanol–water partition coefficient (Wildman–Crippen LogP) is 3.45. The van der Waals surface area contributed by atoms with E-state index in [0.29, 0.717) is 5.82 Å². The van der Waals surface area contributed by atoms with Crippen molar-refractivity contribution in [2.45, 2.75) is 45.1 Å². The van der Waals surface area contributed by atoms with Crippen LogP contribution in [0.15, 0.2) is 29.3 Å². The van der Waals surface area contributed by atoms with Gasteiger partial charge < -0.3 is 20.4 Å². The molecule has 1 aliphatic rings. The number of hydrogen-bond donors (Lipinski definition) is 2. The summed E-state index contributed by atoms with van der Waals surface area (Å²) in [5.74, 6) is 1.21. The van der Waals surface area contributed by atoms with E-state index in [1.807, 2.05) is 4.57 Å². The van der Waals surface area contributed by atoms with E-state index >= 15 is 0 Å². The van der Waals surface area contributed by atoms with E-state index in [9.17, 15) is 13.2 Å². The van der Waals surface area contributed by atoms with Crippen LogP contribution in [-0.2, 0) is 19.5 Å². The third kappa shape index (κ3) is 5.97. The molecule has 3 rings (SSSR count). The molecule has 148 valence electrons. The molecule has 1 aromatic heterocycles. The number of anilines is 1. The van der Waals surface area contributed by atoms with Crippen molar-refractivity contribution in [2.75, 3.05) is 5.32 Å². The molecule has 1 aromatic carbocycles. The van der Waals surface area contributed by atoms with Gasteiger partial charge in [0.1, 0.15) is 12.4 Å². The average Bonchev–Trinajstić information content (AvgIpc) is 2.80. The summed E-state index contributed by atoms with van der Waals surface area (Å²) in [5.41, 5.74) is 5.88. The first-order valence-corrected chi connectivity index (χ1v) is 8.25. The lowest BCUT2D eigenvalue weighted by Gasteiger charge is -2.14. The number of fused-ring (bicyclic) bond motifs is 1. The molecule has 0 saturated carbocycles. The van der Waals surface area contributed by atoms with Crippen molar-refractivity contribution in [2.24, 2.45) is 10.7 Å². The standard InChI is InChI=1S/C16H19F3N6O.HI/c17-16(18,19)26-12-7-4-3-6-11(12)22-15(20)21-10-14-24-23-13-8-2-1-5-9-25(13)14;/h3-4,6-7H,1-2,5,8-10H2,(H3,20,21,22);1H. The fourth-order valence-electron chi connectivity index (χ4n) is 2.78. The number of halogens is 4. The molecule has 1 aliphatic heterocycles. The van der Waals surface area contributed by atoms with Crippen LogP contribution in [0, 0.1) is 0 Å². The van der Waals surface area contributed by atoms with Crippen molar-refractivity contribution >= 4 is 35.6 Å². The van der Waals surface area contributed by atoms with Crippen LogP contribution in [0.25, 0.3) is 0 Å². The lowest BCUT2D eigenvalue weighted by atomic mass is 10.2. The number of aryl methyl sites for hydroxylation is 1. The maximum atomic E-state index is 12.5. The molecular weight excluding hydrogens is 476 g/mol. The lowest BCUT2D eigenvalue weighted by Crippen LogP contribution is -2.24. The van der Waals surface area contributed by atoms with Crippen molar-refractivity contribution in [3.63, 3.8) is 0 Å². The van der Waals surface area contributed by atoms with Gasteiger partial charge in [0.2, 0.25) is 0 Å². The zero-order chi connectivity index (χ0) is 18.6. The zero-order valence-electron chi connectivity index (χ0n) is 14.4. The summed E-state index contributed by atoms with van der Waals surface area (Å²) in [6.07, 6.45) is -0.625. The van der Waals surface area contributed by atoms with Crippen LogP contribution >= 0.6 is 24.0 Å². The summed E-state index contributed by atoms with van der Waals surface area (Å²) in [6, 6.07) is 5.62. The molecule has 0 bridgehead atoms. The molecule has 0 spiro atoms. The van der Waals surface area contributed by atoms with Crippen molar-refractivity contribution in [1.82, 2.24) is 14.8 Å². The average molecular weight is 496 g/mol. The number of nitrogens with zero attached hydrogens (tertiary/aromatic N) is 4. The Hall–Kier alpha value is -2.05. The van der Waals surface area contributed by atoms with E-state index in [-0.39, 0.29) is 47.9 Å². The number of alkyl halides is 3. The number of aromatic nitrogens is 3. The smallest absolute Gasteiger partial charge is 0.404 e.